The van der Waals surface area contributed by atoms with Crippen molar-refractivity contribution in [2.24, 2.45) is 0 Å². The Labute approximate surface area is 172 Å². The van der Waals surface area contributed by atoms with Crippen LogP contribution >= 0.6 is 0 Å². The van der Waals surface area contributed by atoms with Crippen LogP contribution in [0.5, 0.6) is 0 Å². The highest BCUT2D eigenvalue weighted by atomic mass is 16.6. The molecule has 0 saturated carbocycles. The number of nitro groups is 2. The van der Waals surface area contributed by atoms with Gasteiger partial charge in [-0.25, -0.2) is 0 Å². The smallest absolute Gasteiger partial charge is 0.272 e. The quantitative estimate of drug-likeness (QED) is 0.0813. The van der Waals surface area contributed by atoms with Crippen molar-refractivity contribution < 1.29 is 24.9 Å². The minimum Gasteiger partial charge on any atom is -0.360 e. The van der Waals surface area contributed by atoms with Gasteiger partial charge in [0, 0.05) is 29.1 Å². The summed E-state index contributed by atoms with van der Waals surface area (Å²) in [6.45, 7) is 1.92. The lowest BCUT2D eigenvalue weighted by atomic mass is 9.93. The molecule has 9 heteroatoms. The maximum Gasteiger partial charge on any atom is 0.272 e. The molecule has 0 aromatic carbocycles. The second kappa shape index (κ2) is 16.0. The molecule has 2 unspecified atom stereocenters. The maximum atomic E-state index is 11.3. The third-order valence-electron chi connectivity index (χ3n) is 5.01. The zero-order valence-electron chi connectivity index (χ0n) is 17.4. The van der Waals surface area contributed by atoms with E-state index < -0.39 is 34.1 Å². The summed E-state index contributed by atoms with van der Waals surface area (Å²) < 4.78 is 0. The van der Waals surface area contributed by atoms with Crippen LogP contribution in [0.2, 0.25) is 0 Å². The highest BCUT2D eigenvalue weighted by Gasteiger charge is 2.47. The SMILES string of the molecule is CCCCCC(O)(O)C(CC(CCC=CCCCCCCC=O)[N+](=O)[O-])[N+](=O)[O-]. The first-order valence-corrected chi connectivity index (χ1v) is 10.6. The van der Waals surface area contributed by atoms with Gasteiger partial charge in [0.15, 0.2) is 0 Å². The average Bonchev–Trinajstić information content (AvgIpc) is 2.64. The summed E-state index contributed by atoms with van der Waals surface area (Å²) in [5.74, 6) is -2.55. The number of hydrogen-bond acceptors (Lipinski definition) is 7. The minimum absolute atomic E-state index is 0.109. The van der Waals surface area contributed by atoms with Crippen LogP contribution < -0.4 is 0 Å². The molecule has 0 spiro atoms. The van der Waals surface area contributed by atoms with E-state index in [4.69, 9.17) is 0 Å². The van der Waals surface area contributed by atoms with E-state index in [-0.39, 0.29) is 12.8 Å². The fraction of sp³-hybridized carbons (Fsp3) is 0.850. The average molecular weight is 417 g/mol. The zero-order chi connectivity index (χ0) is 22.1. The Morgan fingerprint density at radius 1 is 0.897 bits per heavy atom. The van der Waals surface area contributed by atoms with Crippen molar-refractivity contribution in [1.82, 2.24) is 0 Å². The molecular formula is C20H36N2O7. The van der Waals surface area contributed by atoms with Crippen molar-refractivity contribution in [2.45, 2.75) is 108 Å². The largest absolute Gasteiger partial charge is 0.360 e. The van der Waals surface area contributed by atoms with Gasteiger partial charge >= 0.3 is 0 Å². The van der Waals surface area contributed by atoms with Crippen LogP contribution in [0.4, 0.5) is 0 Å². The highest BCUT2D eigenvalue weighted by molar-refractivity contribution is 5.48. The molecule has 9 nitrogen and oxygen atoms in total. The van der Waals surface area contributed by atoms with Gasteiger partial charge in [-0.15, -0.1) is 0 Å². The van der Waals surface area contributed by atoms with E-state index in [9.17, 15) is 35.2 Å². The van der Waals surface area contributed by atoms with Crippen molar-refractivity contribution in [2.75, 3.05) is 0 Å². The lowest BCUT2D eigenvalue weighted by molar-refractivity contribution is -0.587. The van der Waals surface area contributed by atoms with Crippen LogP contribution in [-0.4, -0.2) is 44.2 Å². The number of aliphatic hydroxyl groups is 2. The molecule has 0 radical (unpaired) electrons. The van der Waals surface area contributed by atoms with E-state index >= 15 is 0 Å². The molecule has 29 heavy (non-hydrogen) atoms. The molecular weight excluding hydrogens is 380 g/mol. The Kier molecular flexibility index (Phi) is 15.0. The standard InChI is InChI=1S/C20H36N2O7/c1-2-3-12-15-20(24,25)19(22(28)29)17-18(21(26)27)14-11-9-7-5-4-6-8-10-13-16-23/h7,9,16,18-19,24-25H,2-6,8,10-15,17H2,1H3. The van der Waals surface area contributed by atoms with Crippen molar-refractivity contribution in [3.8, 4) is 0 Å². The van der Waals surface area contributed by atoms with Gasteiger partial charge in [-0.1, -0.05) is 44.8 Å². The van der Waals surface area contributed by atoms with Crippen LogP contribution in [0.1, 0.15) is 90.4 Å². The van der Waals surface area contributed by atoms with Crippen LogP contribution in [0.25, 0.3) is 0 Å². The Bertz CT molecular complexity index is 509. The molecule has 0 aliphatic heterocycles. The number of aldehydes is 1. The van der Waals surface area contributed by atoms with E-state index in [0.29, 0.717) is 25.7 Å². The summed E-state index contributed by atoms with van der Waals surface area (Å²) in [5.41, 5.74) is 0. The van der Waals surface area contributed by atoms with Gasteiger partial charge < -0.3 is 15.0 Å². The first kappa shape index (κ1) is 27.1. The maximum absolute atomic E-state index is 11.3. The molecule has 0 amide bonds. The summed E-state index contributed by atoms with van der Waals surface area (Å²) in [5, 5.41) is 42.8. The molecule has 168 valence electrons. The zero-order valence-corrected chi connectivity index (χ0v) is 17.4. The van der Waals surface area contributed by atoms with Gasteiger partial charge in [0.05, 0.1) is 6.42 Å². The molecule has 0 aliphatic rings. The predicted octanol–water partition coefficient (Wildman–Crippen LogP) is 3.80. The fourth-order valence-electron chi connectivity index (χ4n) is 3.18. The summed E-state index contributed by atoms with van der Waals surface area (Å²) in [6, 6.07) is -2.99. The van der Waals surface area contributed by atoms with Crippen LogP contribution in [0.15, 0.2) is 12.2 Å². The Balaban J connectivity index is 4.49. The fourth-order valence-corrected chi connectivity index (χ4v) is 3.18. The lowest BCUT2D eigenvalue weighted by Gasteiger charge is -2.25. The number of allylic oxidation sites excluding steroid dienone is 2. The van der Waals surface area contributed by atoms with Gasteiger partial charge in [0.1, 0.15) is 6.29 Å². The molecule has 0 aromatic rings. The number of carbonyl (C=O) groups excluding carboxylic acids is 1. The third kappa shape index (κ3) is 13.1. The lowest BCUT2D eigenvalue weighted by Crippen LogP contribution is -2.49. The van der Waals surface area contributed by atoms with E-state index in [1.165, 1.54) is 0 Å². The summed E-state index contributed by atoms with van der Waals surface area (Å²) in [4.78, 5) is 31.4. The molecule has 2 atom stereocenters. The molecule has 0 bridgehead atoms. The second-order valence-electron chi connectivity index (χ2n) is 7.52. The van der Waals surface area contributed by atoms with Crippen LogP contribution in [0, 0.1) is 20.2 Å². The van der Waals surface area contributed by atoms with Crippen LogP contribution in [-0.2, 0) is 4.79 Å². The van der Waals surface area contributed by atoms with Crippen molar-refractivity contribution >= 4 is 6.29 Å². The number of hydrogen-bond donors (Lipinski definition) is 2. The third-order valence-corrected chi connectivity index (χ3v) is 5.01. The second-order valence-corrected chi connectivity index (χ2v) is 7.52. The van der Waals surface area contributed by atoms with E-state index in [1.807, 2.05) is 19.1 Å². The number of carbonyl (C=O) groups is 1. The molecule has 0 fully saturated rings. The van der Waals surface area contributed by atoms with Gasteiger partial charge in [0.2, 0.25) is 11.8 Å². The topological polar surface area (TPSA) is 144 Å². The van der Waals surface area contributed by atoms with Crippen molar-refractivity contribution in [3.05, 3.63) is 32.4 Å². The first-order valence-electron chi connectivity index (χ1n) is 10.6. The predicted molar refractivity (Wildman–Crippen MR) is 110 cm³/mol. The molecule has 0 aromatic heterocycles. The first-order chi connectivity index (χ1) is 13.8. The Morgan fingerprint density at radius 2 is 1.52 bits per heavy atom. The number of unbranched alkanes of at least 4 members (excludes halogenated alkanes) is 7. The minimum atomic E-state index is -2.55. The normalized spacial score (nSPS) is 14.0. The van der Waals surface area contributed by atoms with Crippen molar-refractivity contribution in [3.63, 3.8) is 0 Å². The van der Waals surface area contributed by atoms with Crippen molar-refractivity contribution in [1.29, 1.82) is 0 Å². The van der Waals surface area contributed by atoms with E-state index in [1.54, 1.807) is 0 Å². The highest BCUT2D eigenvalue weighted by Crippen LogP contribution is 2.24. The van der Waals surface area contributed by atoms with Gasteiger partial charge in [-0.3, -0.25) is 20.2 Å². The van der Waals surface area contributed by atoms with E-state index in [2.05, 4.69) is 0 Å². The summed E-state index contributed by atoms with van der Waals surface area (Å²) >= 11 is 0. The van der Waals surface area contributed by atoms with Gasteiger partial charge in [0.25, 0.3) is 6.04 Å². The van der Waals surface area contributed by atoms with Gasteiger partial charge in [-0.05, 0) is 32.1 Å². The van der Waals surface area contributed by atoms with E-state index in [0.717, 1.165) is 44.8 Å². The molecule has 0 saturated heterocycles. The Morgan fingerprint density at radius 3 is 2.07 bits per heavy atom. The molecule has 2 N–H and O–H groups in total. The molecule has 0 heterocycles. The summed E-state index contributed by atoms with van der Waals surface area (Å²) in [7, 11) is 0. The van der Waals surface area contributed by atoms with Gasteiger partial charge in [-0.2, -0.15) is 0 Å². The summed E-state index contributed by atoms with van der Waals surface area (Å²) in [6.07, 6.45) is 11.8. The monoisotopic (exact) mass is 416 g/mol. The van der Waals surface area contributed by atoms with Crippen LogP contribution in [0.3, 0.4) is 0 Å². The molecule has 0 rings (SSSR count). The number of rotatable bonds is 19. The molecule has 0 aliphatic carbocycles. The number of nitrogens with zero attached hydrogens (tertiary/aromatic N) is 2. The Hall–Kier alpha value is -1.87.